The second-order valence-electron chi connectivity index (χ2n) is 5.12. The zero-order chi connectivity index (χ0) is 15.7. The Kier molecular flexibility index (Phi) is 3.47. The summed E-state index contributed by atoms with van der Waals surface area (Å²) in [5.41, 5.74) is 3.04. The lowest BCUT2D eigenvalue weighted by Crippen LogP contribution is -2.26. The number of rotatable bonds is 3. The normalized spacial score (nSPS) is 10.6. The first-order valence-corrected chi connectivity index (χ1v) is 6.99. The lowest BCUT2D eigenvalue weighted by Gasteiger charge is -2.22. The molecule has 22 heavy (non-hydrogen) atoms. The lowest BCUT2D eigenvalue weighted by molar-refractivity contribution is 0.914. The van der Waals surface area contributed by atoms with Crippen molar-refractivity contribution in [2.24, 2.45) is 0 Å². The molecule has 3 rings (SSSR count). The van der Waals surface area contributed by atoms with Gasteiger partial charge >= 0.3 is 0 Å². The van der Waals surface area contributed by atoms with Gasteiger partial charge in [-0.05, 0) is 30.7 Å². The minimum atomic E-state index is 0.0455. The van der Waals surface area contributed by atoms with Crippen LogP contribution < -0.4 is 10.5 Å². The average molecular weight is 291 g/mol. The number of hydrogen-bond donors (Lipinski definition) is 2. The van der Waals surface area contributed by atoms with E-state index in [2.05, 4.69) is 18.0 Å². The quantitative estimate of drug-likeness (QED) is 0.575. The van der Waals surface area contributed by atoms with Crippen LogP contribution in [0.3, 0.4) is 0 Å². The zero-order valence-corrected chi connectivity index (χ0v) is 12.5. The highest BCUT2D eigenvalue weighted by Gasteiger charge is 2.13. The van der Waals surface area contributed by atoms with Gasteiger partial charge in [0.25, 0.3) is 0 Å². The number of para-hydroxylation sites is 2. The first-order valence-electron chi connectivity index (χ1n) is 6.99. The van der Waals surface area contributed by atoms with Crippen molar-refractivity contribution in [3.8, 4) is 0 Å². The van der Waals surface area contributed by atoms with Crippen molar-refractivity contribution < 1.29 is 0 Å². The summed E-state index contributed by atoms with van der Waals surface area (Å²) in [7, 11) is 1.95. The van der Waals surface area contributed by atoms with E-state index < -0.39 is 0 Å². The summed E-state index contributed by atoms with van der Waals surface area (Å²) in [5.74, 6) is 0.716. The van der Waals surface area contributed by atoms with Crippen LogP contribution in [-0.4, -0.2) is 22.9 Å². The van der Waals surface area contributed by atoms with Gasteiger partial charge in [-0.1, -0.05) is 30.3 Å². The molecule has 0 atom stereocenters. The number of aryl methyl sites for hydroxylation is 1. The fourth-order valence-corrected chi connectivity index (χ4v) is 2.64. The molecule has 1 aromatic heterocycles. The van der Waals surface area contributed by atoms with Gasteiger partial charge in [-0.15, -0.1) is 0 Å². The molecule has 0 amide bonds. The molecule has 3 aromatic rings. The Balaban J connectivity index is 2.30. The maximum absolute atomic E-state index is 8.08. The molecule has 0 radical (unpaired) electrons. The molecule has 0 aliphatic rings. The largest absolute Gasteiger partial charge is 0.329 e. The molecule has 0 fully saturated rings. The first-order chi connectivity index (χ1) is 10.6. The highest BCUT2D eigenvalue weighted by Crippen LogP contribution is 2.29. The second kappa shape index (κ2) is 5.44. The van der Waals surface area contributed by atoms with Crippen molar-refractivity contribution in [2.75, 3.05) is 11.9 Å². The average Bonchev–Trinajstić information content (AvgIpc) is 2.54. The molecule has 1 heterocycles. The van der Waals surface area contributed by atoms with Crippen molar-refractivity contribution in [2.45, 2.75) is 6.92 Å². The van der Waals surface area contributed by atoms with E-state index in [4.69, 9.17) is 10.8 Å². The molecule has 0 saturated heterocycles. The van der Waals surface area contributed by atoms with Crippen molar-refractivity contribution in [3.05, 3.63) is 59.7 Å². The summed E-state index contributed by atoms with van der Waals surface area (Å²) in [5, 5.41) is 16.5. The molecule has 5 nitrogen and oxygen atoms in total. The third-order valence-corrected chi connectivity index (χ3v) is 3.77. The predicted molar refractivity (Wildman–Crippen MR) is 89.0 cm³/mol. The summed E-state index contributed by atoms with van der Waals surface area (Å²) < 4.78 is 1.46. The maximum Gasteiger partial charge on any atom is 0.229 e. The molecular weight excluding hydrogens is 274 g/mol. The SMILES string of the molecule is Cc1ccccc1N(C)c1nc(=N)n(C=N)c2ccccc12. The number of fused-ring (bicyclic) bond motifs is 1. The summed E-state index contributed by atoms with van der Waals surface area (Å²) in [4.78, 5) is 6.38. The number of anilines is 2. The number of aromatic nitrogens is 2. The number of nitrogens with zero attached hydrogens (tertiary/aromatic N) is 3. The van der Waals surface area contributed by atoms with Crippen molar-refractivity contribution in [3.63, 3.8) is 0 Å². The Morgan fingerprint density at radius 1 is 1.09 bits per heavy atom. The van der Waals surface area contributed by atoms with Crippen LogP contribution in [0.15, 0.2) is 48.5 Å². The van der Waals surface area contributed by atoms with Crippen LogP contribution in [0.2, 0.25) is 0 Å². The highest BCUT2D eigenvalue weighted by molar-refractivity contribution is 5.94. The number of benzene rings is 2. The Morgan fingerprint density at radius 2 is 1.77 bits per heavy atom. The Hall–Kier alpha value is -2.95. The first kappa shape index (κ1) is 14.0. The fourth-order valence-electron chi connectivity index (χ4n) is 2.64. The molecule has 2 aromatic carbocycles. The van der Waals surface area contributed by atoms with E-state index >= 15 is 0 Å². The Morgan fingerprint density at radius 3 is 2.50 bits per heavy atom. The van der Waals surface area contributed by atoms with Gasteiger partial charge in [0, 0.05) is 18.1 Å². The van der Waals surface area contributed by atoms with E-state index in [1.165, 1.54) is 4.57 Å². The van der Waals surface area contributed by atoms with Crippen LogP contribution in [0.4, 0.5) is 11.5 Å². The van der Waals surface area contributed by atoms with E-state index in [0.717, 1.165) is 28.5 Å². The van der Waals surface area contributed by atoms with Crippen molar-refractivity contribution in [1.82, 2.24) is 9.55 Å². The monoisotopic (exact) mass is 291 g/mol. The van der Waals surface area contributed by atoms with Crippen LogP contribution >= 0.6 is 0 Å². The Labute approximate surface area is 128 Å². The molecule has 0 spiro atoms. The topological polar surface area (TPSA) is 68.8 Å². The fraction of sp³-hybridized carbons (Fsp3) is 0.118. The van der Waals surface area contributed by atoms with Gasteiger partial charge in [-0.25, -0.2) is 0 Å². The molecular formula is C17H17N5. The van der Waals surface area contributed by atoms with Crippen LogP contribution in [0, 0.1) is 17.7 Å². The molecule has 2 N–H and O–H groups in total. The molecule has 0 unspecified atom stereocenters. The maximum atomic E-state index is 8.08. The van der Waals surface area contributed by atoms with Gasteiger partial charge in [-0.3, -0.25) is 15.4 Å². The smallest absolute Gasteiger partial charge is 0.229 e. The highest BCUT2D eigenvalue weighted by atomic mass is 15.2. The number of hydrogen-bond acceptors (Lipinski definition) is 4. The molecule has 0 bridgehead atoms. The molecule has 5 heteroatoms. The molecule has 110 valence electrons. The minimum Gasteiger partial charge on any atom is -0.329 e. The van der Waals surface area contributed by atoms with Crippen LogP contribution in [0.1, 0.15) is 5.56 Å². The summed E-state index contributed by atoms with van der Waals surface area (Å²) in [6.45, 7) is 2.05. The summed E-state index contributed by atoms with van der Waals surface area (Å²) >= 11 is 0. The van der Waals surface area contributed by atoms with Gasteiger partial charge in [0.1, 0.15) is 5.82 Å². The zero-order valence-electron chi connectivity index (χ0n) is 12.5. The van der Waals surface area contributed by atoms with Crippen molar-refractivity contribution >= 4 is 28.7 Å². The minimum absolute atomic E-state index is 0.0455. The number of nitrogens with one attached hydrogen (secondary N) is 2. The van der Waals surface area contributed by atoms with E-state index in [0.29, 0.717) is 5.82 Å². The van der Waals surface area contributed by atoms with Gasteiger partial charge in [0.05, 0.1) is 11.9 Å². The third kappa shape index (κ3) is 2.16. The van der Waals surface area contributed by atoms with E-state index in [1.54, 1.807) is 0 Å². The van der Waals surface area contributed by atoms with Crippen LogP contribution in [0.5, 0.6) is 0 Å². The van der Waals surface area contributed by atoms with E-state index in [9.17, 15) is 0 Å². The standard InChI is InChI=1S/C17H17N5/c1-12-7-3-5-9-14(12)21(2)16-13-8-4-6-10-15(13)22(11-18)17(19)20-16/h3-11,18-19H,1-2H3. The van der Waals surface area contributed by atoms with Gasteiger partial charge in [0.2, 0.25) is 5.62 Å². The predicted octanol–water partition coefficient (Wildman–Crippen LogP) is 3.05. The van der Waals surface area contributed by atoms with Gasteiger partial charge in [0.15, 0.2) is 0 Å². The van der Waals surface area contributed by atoms with E-state index in [-0.39, 0.29) is 5.62 Å². The molecule has 0 aliphatic heterocycles. The van der Waals surface area contributed by atoms with Crippen LogP contribution in [0.25, 0.3) is 10.9 Å². The van der Waals surface area contributed by atoms with E-state index in [1.807, 2.05) is 54.4 Å². The van der Waals surface area contributed by atoms with Gasteiger partial charge in [-0.2, -0.15) is 4.98 Å². The molecule has 0 saturated carbocycles. The molecule has 0 aliphatic carbocycles. The summed E-state index contributed by atoms with van der Waals surface area (Å²) in [6, 6.07) is 15.8. The van der Waals surface area contributed by atoms with Crippen molar-refractivity contribution in [1.29, 1.82) is 10.8 Å². The van der Waals surface area contributed by atoms with Crippen LogP contribution in [-0.2, 0) is 0 Å². The second-order valence-corrected chi connectivity index (χ2v) is 5.12. The van der Waals surface area contributed by atoms with Gasteiger partial charge < -0.3 is 4.90 Å². The lowest BCUT2D eigenvalue weighted by atomic mass is 10.1. The Bertz CT molecular complexity index is 910. The third-order valence-electron chi connectivity index (χ3n) is 3.77. The summed E-state index contributed by atoms with van der Waals surface area (Å²) in [6.07, 6.45) is 1.12.